The Kier molecular flexibility index (Phi) is 4.85. The number of nitrogens with two attached hydrogens (primary N) is 1. The molecule has 2 N–H and O–H groups in total. The molecule has 29 heavy (non-hydrogen) atoms. The molecular weight excluding hydrogens is 403 g/mol. The third-order valence-electron chi connectivity index (χ3n) is 4.87. The van der Waals surface area contributed by atoms with Crippen molar-refractivity contribution < 1.29 is 22.7 Å². The van der Waals surface area contributed by atoms with Gasteiger partial charge in [-0.05, 0) is 56.0 Å². The summed E-state index contributed by atoms with van der Waals surface area (Å²) in [4.78, 5) is 16.4. The Morgan fingerprint density at radius 2 is 2.00 bits per heavy atom. The fourth-order valence-electron chi connectivity index (χ4n) is 3.22. The number of rotatable bonds is 6. The van der Waals surface area contributed by atoms with Gasteiger partial charge >= 0.3 is 6.36 Å². The van der Waals surface area contributed by atoms with E-state index in [1.165, 1.54) is 35.6 Å². The summed E-state index contributed by atoms with van der Waals surface area (Å²) in [6.07, 6.45) is -2.39. The molecule has 3 aromatic rings. The van der Waals surface area contributed by atoms with Gasteiger partial charge in [-0.25, -0.2) is 4.98 Å². The van der Waals surface area contributed by atoms with Gasteiger partial charge in [0.15, 0.2) is 0 Å². The van der Waals surface area contributed by atoms with Crippen LogP contribution in [0.5, 0.6) is 5.75 Å². The van der Waals surface area contributed by atoms with Crippen molar-refractivity contribution in [2.45, 2.75) is 32.7 Å². The van der Waals surface area contributed by atoms with Crippen LogP contribution < -0.4 is 10.5 Å². The second-order valence-electron chi connectivity index (χ2n) is 7.06. The molecule has 0 radical (unpaired) electrons. The molecule has 152 valence electrons. The van der Waals surface area contributed by atoms with E-state index in [4.69, 9.17) is 5.73 Å². The number of amides is 1. The van der Waals surface area contributed by atoms with Crippen molar-refractivity contribution in [3.8, 4) is 27.7 Å². The monoisotopic (exact) mass is 421 g/mol. The molecule has 2 heterocycles. The first-order valence-corrected chi connectivity index (χ1v) is 9.91. The van der Waals surface area contributed by atoms with Gasteiger partial charge in [-0.2, -0.15) is 0 Å². The lowest BCUT2D eigenvalue weighted by Gasteiger charge is -2.10. The van der Waals surface area contributed by atoms with Gasteiger partial charge < -0.3 is 15.0 Å². The minimum absolute atomic E-state index is 0.280. The maximum Gasteiger partial charge on any atom is 0.573 e. The molecule has 2 aromatic heterocycles. The molecule has 0 saturated heterocycles. The second-order valence-corrected chi connectivity index (χ2v) is 7.92. The normalized spacial score (nSPS) is 14.2. The summed E-state index contributed by atoms with van der Waals surface area (Å²) in [5, 5.41) is 2.54. The zero-order valence-corrected chi connectivity index (χ0v) is 16.3. The number of benzene rings is 1. The van der Waals surface area contributed by atoms with Gasteiger partial charge in [0.1, 0.15) is 10.8 Å². The van der Waals surface area contributed by atoms with Crippen molar-refractivity contribution in [2.75, 3.05) is 0 Å². The number of alkyl halides is 3. The zero-order valence-electron chi connectivity index (χ0n) is 15.5. The summed E-state index contributed by atoms with van der Waals surface area (Å²) in [5.41, 5.74) is 9.02. The van der Waals surface area contributed by atoms with Crippen molar-refractivity contribution >= 4 is 17.2 Å². The van der Waals surface area contributed by atoms with E-state index in [-0.39, 0.29) is 5.75 Å². The number of hydrogen-bond donors (Lipinski definition) is 1. The number of ether oxygens (including phenoxy) is 1. The molecule has 1 amide bonds. The summed E-state index contributed by atoms with van der Waals surface area (Å²) in [5.74, 6) is -0.160. The number of hydrogen-bond acceptors (Lipinski definition) is 4. The number of halogens is 3. The van der Waals surface area contributed by atoms with Crippen molar-refractivity contribution in [3.63, 3.8) is 0 Å². The average Bonchev–Trinajstić information content (AvgIpc) is 3.22. The first kappa shape index (κ1) is 19.5. The quantitative estimate of drug-likeness (QED) is 0.609. The fraction of sp³-hybridized carbons (Fsp3) is 0.300. The molecule has 0 bridgehead atoms. The van der Waals surface area contributed by atoms with Crippen LogP contribution in [0.2, 0.25) is 0 Å². The lowest BCUT2D eigenvalue weighted by atomic mass is 10.2. The zero-order chi connectivity index (χ0) is 20.8. The first-order chi connectivity index (χ1) is 13.7. The predicted octanol–water partition coefficient (Wildman–Crippen LogP) is 4.99. The topological polar surface area (TPSA) is 70.1 Å². The molecule has 0 atom stereocenters. The van der Waals surface area contributed by atoms with E-state index in [9.17, 15) is 18.0 Å². The molecule has 0 spiro atoms. The van der Waals surface area contributed by atoms with Crippen LogP contribution in [0.1, 0.15) is 28.9 Å². The smallest absolute Gasteiger partial charge is 0.406 e. The number of primary amides is 1. The SMILES string of the molecule is Cc1c(C(N)=O)cc(-c2csc(-c3ccc(OC(F)(F)F)cc3)n2)n1CC1CC1. The largest absolute Gasteiger partial charge is 0.573 e. The molecule has 0 aliphatic heterocycles. The van der Waals surface area contributed by atoms with Crippen LogP contribution >= 0.6 is 11.3 Å². The molecule has 1 aliphatic carbocycles. The Hall–Kier alpha value is -2.81. The standard InChI is InChI=1S/C20H18F3N3O2S/c1-11-15(18(24)27)8-17(26(11)9-12-2-3-12)16-10-29-19(25-16)13-4-6-14(7-5-13)28-20(21,22)23/h4-8,10,12H,2-3,9H2,1H3,(H2,24,27). The number of nitrogens with zero attached hydrogens (tertiary/aromatic N) is 2. The van der Waals surface area contributed by atoms with Crippen LogP contribution in [0.15, 0.2) is 35.7 Å². The highest BCUT2D eigenvalue weighted by molar-refractivity contribution is 7.13. The summed E-state index contributed by atoms with van der Waals surface area (Å²) in [6, 6.07) is 7.35. The third-order valence-corrected chi connectivity index (χ3v) is 5.76. The minimum Gasteiger partial charge on any atom is -0.406 e. The van der Waals surface area contributed by atoms with E-state index in [2.05, 4.69) is 14.3 Å². The lowest BCUT2D eigenvalue weighted by Crippen LogP contribution is -2.16. The minimum atomic E-state index is -4.72. The second kappa shape index (κ2) is 7.22. The number of aromatic nitrogens is 2. The Morgan fingerprint density at radius 3 is 2.59 bits per heavy atom. The fourth-order valence-corrected chi connectivity index (χ4v) is 4.04. The van der Waals surface area contributed by atoms with Crippen molar-refractivity contribution in [2.24, 2.45) is 11.7 Å². The van der Waals surface area contributed by atoms with Gasteiger partial charge in [-0.3, -0.25) is 4.79 Å². The van der Waals surface area contributed by atoms with Gasteiger partial charge in [0, 0.05) is 23.2 Å². The highest BCUT2D eigenvalue weighted by Crippen LogP contribution is 2.36. The van der Waals surface area contributed by atoms with Crippen LogP contribution in [-0.4, -0.2) is 21.8 Å². The lowest BCUT2D eigenvalue weighted by molar-refractivity contribution is -0.274. The van der Waals surface area contributed by atoms with Crippen LogP contribution in [0.4, 0.5) is 13.2 Å². The van der Waals surface area contributed by atoms with Gasteiger partial charge in [0.25, 0.3) is 5.91 Å². The summed E-state index contributed by atoms with van der Waals surface area (Å²) in [6.45, 7) is 2.68. The molecule has 9 heteroatoms. The molecule has 1 saturated carbocycles. The third kappa shape index (κ3) is 4.29. The van der Waals surface area contributed by atoms with Crippen LogP contribution in [0.25, 0.3) is 22.0 Å². The van der Waals surface area contributed by atoms with Crippen molar-refractivity contribution in [3.05, 3.63) is 47.0 Å². The highest BCUT2D eigenvalue weighted by Gasteiger charge is 2.31. The number of thiazole rings is 1. The Balaban J connectivity index is 1.64. The van der Waals surface area contributed by atoms with E-state index in [1.54, 1.807) is 6.07 Å². The maximum absolute atomic E-state index is 12.3. The summed E-state index contributed by atoms with van der Waals surface area (Å²) < 4.78 is 42.9. The molecule has 1 fully saturated rings. The van der Waals surface area contributed by atoms with Gasteiger partial charge in [-0.1, -0.05) is 0 Å². The molecule has 0 unspecified atom stereocenters. The molecule has 1 aliphatic rings. The van der Waals surface area contributed by atoms with Crippen molar-refractivity contribution in [1.29, 1.82) is 0 Å². The summed E-state index contributed by atoms with van der Waals surface area (Å²) >= 11 is 1.38. The highest BCUT2D eigenvalue weighted by atomic mass is 32.1. The predicted molar refractivity (Wildman–Crippen MR) is 104 cm³/mol. The molecule has 4 rings (SSSR count). The maximum atomic E-state index is 12.3. The van der Waals surface area contributed by atoms with Crippen LogP contribution in [0.3, 0.4) is 0 Å². The molecule has 5 nitrogen and oxygen atoms in total. The van der Waals surface area contributed by atoms with Gasteiger partial charge in [-0.15, -0.1) is 24.5 Å². The Bertz CT molecular complexity index is 1050. The van der Waals surface area contributed by atoms with Crippen molar-refractivity contribution in [1.82, 2.24) is 9.55 Å². The number of carbonyl (C=O) groups is 1. The van der Waals surface area contributed by atoms with E-state index < -0.39 is 12.3 Å². The average molecular weight is 421 g/mol. The van der Waals surface area contributed by atoms with Crippen LogP contribution in [0, 0.1) is 12.8 Å². The number of carbonyl (C=O) groups excluding carboxylic acids is 1. The molecule has 1 aromatic carbocycles. The summed E-state index contributed by atoms with van der Waals surface area (Å²) in [7, 11) is 0. The van der Waals surface area contributed by atoms with E-state index in [0.717, 1.165) is 30.8 Å². The first-order valence-electron chi connectivity index (χ1n) is 9.03. The molecular formula is C20H18F3N3O2S. The van der Waals surface area contributed by atoms with Gasteiger partial charge in [0.05, 0.1) is 17.0 Å². The van der Waals surface area contributed by atoms with Gasteiger partial charge in [0.2, 0.25) is 0 Å². The van der Waals surface area contributed by atoms with E-state index >= 15 is 0 Å². The van der Waals surface area contributed by atoms with Crippen LogP contribution in [-0.2, 0) is 6.54 Å². The Labute approximate surface area is 168 Å². The van der Waals surface area contributed by atoms with E-state index in [1.807, 2.05) is 12.3 Å². The van der Waals surface area contributed by atoms with E-state index in [0.29, 0.717) is 27.7 Å². The Morgan fingerprint density at radius 1 is 1.31 bits per heavy atom.